The lowest BCUT2D eigenvalue weighted by atomic mass is 10.0. The second-order valence-corrected chi connectivity index (χ2v) is 7.79. The summed E-state index contributed by atoms with van der Waals surface area (Å²) in [6.07, 6.45) is 4.18. The maximum absolute atomic E-state index is 13.0. The normalized spacial score (nSPS) is 15.7. The molecular weight excluding hydrogens is 376 g/mol. The summed E-state index contributed by atoms with van der Waals surface area (Å²) in [7, 11) is 0. The predicted molar refractivity (Wildman–Crippen MR) is 116 cm³/mol. The zero-order valence-corrected chi connectivity index (χ0v) is 17.3. The standard InChI is InChI=1S/C24H28N4O2/c1-19-7-9-20(10-8-19)17-23(22-6-2-3-11-25-22)26-24(29)28-14-12-27(13-15-28)18-21-5-4-16-30-21/h2-11,16,23H,12-15,17-18H2,1H3,(H,26,29). The summed E-state index contributed by atoms with van der Waals surface area (Å²) in [5, 5.41) is 3.21. The Labute approximate surface area is 177 Å². The third-order valence-corrected chi connectivity index (χ3v) is 5.52. The summed E-state index contributed by atoms with van der Waals surface area (Å²) in [6, 6.07) is 18.0. The summed E-state index contributed by atoms with van der Waals surface area (Å²) >= 11 is 0. The van der Waals surface area contributed by atoms with Crippen LogP contribution in [0.15, 0.2) is 71.5 Å². The van der Waals surface area contributed by atoms with Gasteiger partial charge in [-0.15, -0.1) is 0 Å². The largest absolute Gasteiger partial charge is 0.468 e. The number of aryl methyl sites for hydroxylation is 1. The van der Waals surface area contributed by atoms with Crippen molar-refractivity contribution < 1.29 is 9.21 Å². The molecule has 1 aliphatic rings. The Morgan fingerprint density at radius 2 is 1.87 bits per heavy atom. The van der Waals surface area contributed by atoms with Gasteiger partial charge in [0.2, 0.25) is 0 Å². The highest BCUT2D eigenvalue weighted by Crippen LogP contribution is 2.18. The van der Waals surface area contributed by atoms with Crippen LogP contribution in [0.5, 0.6) is 0 Å². The summed E-state index contributed by atoms with van der Waals surface area (Å²) in [5.41, 5.74) is 3.28. The fourth-order valence-corrected chi connectivity index (χ4v) is 3.74. The monoisotopic (exact) mass is 404 g/mol. The minimum absolute atomic E-state index is 0.0320. The van der Waals surface area contributed by atoms with Gasteiger partial charge in [0.05, 0.1) is 24.5 Å². The molecule has 1 fully saturated rings. The maximum atomic E-state index is 13.0. The van der Waals surface area contributed by atoms with Crippen molar-refractivity contribution in [1.82, 2.24) is 20.1 Å². The van der Waals surface area contributed by atoms with Crippen molar-refractivity contribution in [2.75, 3.05) is 26.2 Å². The molecule has 6 nitrogen and oxygen atoms in total. The number of carbonyl (C=O) groups excluding carboxylic acids is 1. The number of furan rings is 1. The van der Waals surface area contributed by atoms with Crippen LogP contribution in [0.3, 0.4) is 0 Å². The molecule has 30 heavy (non-hydrogen) atoms. The van der Waals surface area contributed by atoms with Crippen molar-refractivity contribution in [2.24, 2.45) is 0 Å². The van der Waals surface area contributed by atoms with E-state index >= 15 is 0 Å². The fourth-order valence-electron chi connectivity index (χ4n) is 3.74. The lowest BCUT2D eigenvalue weighted by Gasteiger charge is -2.35. The minimum Gasteiger partial charge on any atom is -0.468 e. The first kappa shape index (κ1) is 20.2. The number of aromatic nitrogens is 1. The number of rotatable bonds is 6. The molecule has 3 aromatic rings. The number of urea groups is 1. The summed E-state index contributed by atoms with van der Waals surface area (Å²) in [5.74, 6) is 0.959. The number of amides is 2. The Balaban J connectivity index is 1.37. The van der Waals surface area contributed by atoms with Gasteiger partial charge in [0.15, 0.2) is 0 Å². The molecule has 0 saturated carbocycles. The van der Waals surface area contributed by atoms with E-state index < -0.39 is 0 Å². The Bertz CT molecular complexity index is 918. The molecule has 0 spiro atoms. The van der Waals surface area contributed by atoms with E-state index in [4.69, 9.17) is 4.42 Å². The van der Waals surface area contributed by atoms with Crippen molar-refractivity contribution in [3.05, 3.63) is 89.6 Å². The molecule has 4 rings (SSSR count). The zero-order chi connectivity index (χ0) is 20.8. The van der Waals surface area contributed by atoms with Crippen LogP contribution in [-0.2, 0) is 13.0 Å². The lowest BCUT2D eigenvalue weighted by molar-refractivity contribution is 0.128. The van der Waals surface area contributed by atoms with Gasteiger partial charge in [-0.2, -0.15) is 0 Å². The van der Waals surface area contributed by atoms with Gasteiger partial charge in [0, 0.05) is 32.4 Å². The molecule has 2 amide bonds. The van der Waals surface area contributed by atoms with E-state index in [0.29, 0.717) is 19.5 Å². The molecule has 0 aliphatic carbocycles. The first-order valence-electron chi connectivity index (χ1n) is 10.4. The molecule has 1 aliphatic heterocycles. The lowest BCUT2D eigenvalue weighted by Crippen LogP contribution is -2.52. The first-order valence-corrected chi connectivity index (χ1v) is 10.4. The van der Waals surface area contributed by atoms with Gasteiger partial charge in [-0.1, -0.05) is 35.9 Å². The fraction of sp³-hybridized carbons (Fsp3) is 0.333. The molecule has 156 valence electrons. The molecule has 2 aromatic heterocycles. The average molecular weight is 405 g/mol. The molecule has 1 aromatic carbocycles. The third kappa shape index (κ3) is 5.27. The van der Waals surface area contributed by atoms with E-state index in [-0.39, 0.29) is 12.1 Å². The number of piperazine rings is 1. The van der Waals surface area contributed by atoms with Crippen molar-refractivity contribution in [2.45, 2.75) is 25.9 Å². The number of carbonyl (C=O) groups is 1. The molecule has 1 saturated heterocycles. The Hall–Kier alpha value is -3.12. The van der Waals surface area contributed by atoms with E-state index in [1.165, 1.54) is 11.1 Å². The molecular formula is C24H28N4O2. The van der Waals surface area contributed by atoms with Crippen LogP contribution in [0.1, 0.15) is 28.6 Å². The van der Waals surface area contributed by atoms with Crippen molar-refractivity contribution in [1.29, 1.82) is 0 Å². The number of benzene rings is 1. The van der Waals surface area contributed by atoms with Crippen molar-refractivity contribution in [3.8, 4) is 0 Å². The van der Waals surface area contributed by atoms with Gasteiger partial charge >= 0.3 is 6.03 Å². The molecule has 6 heteroatoms. The van der Waals surface area contributed by atoms with Crippen LogP contribution in [0.2, 0.25) is 0 Å². The molecule has 0 bridgehead atoms. The second-order valence-electron chi connectivity index (χ2n) is 7.79. The van der Waals surface area contributed by atoms with Crippen molar-refractivity contribution >= 4 is 6.03 Å². The van der Waals surface area contributed by atoms with Crippen LogP contribution < -0.4 is 5.32 Å². The summed E-state index contributed by atoms with van der Waals surface area (Å²) < 4.78 is 5.43. The topological polar surface area (TPSA) is 61.6 Å². The number of nitrogens with one attached hydrogen (secondary N) is 1. The number of nitrogens with zero attached hydrogens (tertiary/aromatic N) is 3. The van der Waals surface area contributed by atoms with Crippen LogP contribution in [0.4, 0.5) is 4.79 Å². The number of pyridine rings is 1. The van der Waals surface area contributed by atoms with E-state index in [1.54, 1.807) is 12.5 Å². The van der Waals surface area contributed by atoms with Crippen molar-refractivity contribution in [3.63, 3.8) is 0 Å². The van der Waals surface area contributed by atoms with E-state index in [2.05, 4.69) is 46.4 Å². The van der Waals surface area contributed by atoms with Crippen LogP contribution in [-0.4, -0.2) is 47.0 Å². The Morgan fingerprint density at radius 3 is 2.53 bits per heavy atom. The molecule has 1 unspecified atom stereocenters. The zero-order valence-electron chi connectivity index (χ0n) is 17.3. The SMILES string of the molecule is Cc1ccc(CC(NC(=O)N2CCN(Cc3ccco3)CC2)c2ccccn2)cc1. The molecule has 3 heterocycles. The Morgan fingerprint density at radius 1 is 1.07 bits per heavy atom. The highest BCUT2D eigenvalue weighted by atomic mass is 16.3. The highest BCUT2D eigenvalue weighted by molar-refractivity contribution is 5.74. The summed E-state index contributed by atoms with van der Waals surface area (Å²) in [6.45, 7) is 5.93. The van der Waals surface area contributed by atoms with Gasteiger partial charge < -0.3 is 14.6 Å². The van der Waals surface area contributed by atoms with Gasteiger partial charge in [-0.3, -0.25) is 9.88 Å². The third-order valence-electron chi connectivity index (χ3n) is 5.52. The molecule has 0 radical (unpaired) electrons. The number of hydrogen-bond acceptors (Lipinski definition) is 4. The van der Waals surface area contributed by atoms with Crippen LogP contribution in [0.25, 0.3) is 0 Å². The smallest absolute Gasteiger partial charge is 0.318 e. The quantitative estimate of drug-likeness (QED) is 0.679. The Kier molecular flexibility index (Phi) is 6.44. The van der Waals surface area contributed by atoms with Gasteiger partial charge in [-0.25, -0.2) is 4.79 Å². The van der Waals surface area contributed by atoms with Crippen LogP contribution in [0, 0.1) is 6.92 Å². The maximum Gasteiger partial charge on any atom is 0.318 e. The van der Waals surface area contributed by atoms with Gasteiger partial charge in [0.1, 0.15) is 5.76 Å². The highest BCUT2D eigenvalue weighted by Gasteiger charge is 2.24. The van der Waals surface area contributed by atoms with E-state index in [0.717, 1.165) is 31.1 Å². The van der Waals surface area contributed by atoms with Gasteiger partial charge in [0.25, 0.3) is 0 Å². The minimum atomic E-state index is -0.164. The predicted octanol–water partition coefficient (Wildman–Crippen LogP) is 3.79. The second kappa shape index (κ2) is 9.59. The average Bonchev–Trinajstić information content (AvgIpc) is 3.29. The van der Waals surface area contributed by atoms with E-state index in [9.17, 15) is 4.79 Å². The first-order chi connectivity index (χ1) is 14.7. The summed E-state index contributed by atoms with van der Waals surface area (Å²) in [4.78, 5) is 21.7. The number of hydrogen-bond donors (Lipinski definition) is 1. The van der Waals surface area contributed by atoms with Crippen LogP contribution >= 0.6 is 0 Å². The molecule has 1 atom stereocenters. The van der Waals surface area contributed by atoms with Gasteiger partial charge in [-0.05, 0) is 43.2 Å². The molecule has 1 N–H and O–H groups in total. The van der Waals surface area contributed by atoms with E-state index in [1.807, 2.05) is 35.2 Å².